The van der Waals surface area contributed by atoms with Crippen LogP contribution in [0.2, 0.25) is 0 Å². The van der Waals surface area contributed by atoms with Gasteiger partial charge < -0.3 is 14.2 Å². The van der Waals surface area contributed by atoms with Crippen molar-refractivity contribution in [3.63, 3.8) is 0 Å². The zero-order valence-electron chi connectivity index (χ0n) is 10.8. The van der Waals surface area contributed by atoms with Crippen LogP contribution >= 0.6 is 0 Å². The van der Waals surface area contributed by atoms with Gasteiger partial charge in [-0.25, -0.2) is 14.5 Å². The summed E-state index contributed by atoms with van der Waals surface area (Å²) in [6.45, 7) is 0.890. The van der Waals surface area contributed by atoms with Gasteiger partial charge in [-0.3, -0.25) is 4.79 Å². The molecule has 1 atom stereocenters. The van der Waals surface area contributed by atoms with E-state index in [0.717, 1.165) is 17.4 Å². The number of hydrogen-bond donors (Lipinski definition) is 0. The van der Waals surface area contributed by atoms with Gasteiger partial charge in [0.1, 0.15) is 6.61 Å². The monoisotopic (exact) mass is 279 g/mol. The molecule has 1 aromatic carbocycles. The lowest BCUT2D eigenvalue weighted by Crippen LogP contribution is -2.41. The van der Waals surface area contributed by atoms with E-state index in [0.29, 0.717) is 0 Å². The van der Waals surface area contributed by atoms with Gasteiger partial charge in [0, 0.05) is 6.92 Å². The van der Waals surface area contributed by atoms with Crippen LogP contribution in [-0.4, -0.2) is 35.9 Å². The topological polar surface area (TPSA) is 82.1 Å². The minimum absolute atomic E-state index is 0.0527. The van der Waals surface area contributed by atoms with Gasteiger partial charge in [0.05, 0.1) is 0 Å². The zero-order valence-corrected chi connectivity index (χ0v) is 10.8. The molecule has 1 amide bonds. The summed E-state index contributed by atoms with van der Waals surface area (Å²) in [5.74, 6) is -1.48. The molecule has 1 saturated heterocycles. The molecule has 1 aliphatic rings. The van der Waals surface area contributed by atoms with Gasteiger partial charge in [0.2, 0.25) is 0 Å². The van der Waals surface area contributed by atoms with Gasteiger partial charge in [-0.15, -0.1) is 0 Å². The molecule has 1 aromatic rings. The van der Waals surface area contributed by atoms with Crippen LogP contribution in [0.3, 0.4) is 0 Å². The van der Waals surface area contributed by atoms with E-state index < -0.39 is 24.3 Å². The average molecular weight is 279 g/mol. The third-order valence-corrected chi connectivity index (χ3v) is 2.55. The lowest BCUT2D eigenvalue weighted by Gasteiger charge is -2.18. The molecule has 0 bridgehead atoms. The molecule has 0 aromatic heterocycles. The molecular formula is C13H13NO6. The van der Waals surface area contributed by atoms with Gasteiger partial charge >= 0.3 is 18.0 Å². The standard InChI is InChI=1S/C13H13NO6/c1-9(15)20-11-12(16)19-8-14(11)13(17)18-7-10-5-3-2-4-6-10/h2-6,11H,7-8H2,1H3/t11-/m0/s1. The van der Waals surface area contributed by atoms with Gasteiger partial charge in [-0.05, 0) is 5.56 Å². The number of rotatable bonds is 3. The number of nitrogens with zero attached hydrogens (tertiary/aromatic N) is 1. The van der Waals surface area contributed by atoms with E-state index in [1.807, 2.05) is 18.2 Å². The summed E-state index contributed by atoms with van der Waals surface area (Å²) in [7, 11) is 0. The van der Waals surface area contributed by atoms with Gasteiger partial charge in [-0.1, -0.05) is 30.3 Å². The molecule has 0 N–H and O–H groups in total. The summed E-state index contributed by atoms with van der Waals surface area (Å²) in [6.07, 6.45) is -2.17. The predicted octanol–water partition coefficient (Wildman–Crippen LogP) is 1.03. The summed E-state index contributed by atoms with van der Waals surface area (Å²) in [5.41, 5.74) is 0.802. The molecule has 7 nitrogen and oxygen atoms in total. The van der Waals surface area contributed by atoms with Crippen LogP contribution in [-0.2, 0) is 30.4 Å². The van der Waals surface area contributed by atoms with Crippen LogP contribution in [0.15, 0.2) is 30.3 Å². The number of hydrogen-bond acceptors (Lipinski definition) is 6. The fourth-order valence-corrected chi connectivity index (χ4v) is 1.62. The highest BCUT2D eigenvalue weighted by Crippen LogP contribution is 2.15. The van der Waals surface area contributed by atoms with Crippen LogP contribution < -0.4 is 0 Å². The molecule has 0 aliphatic carbocycles. The fourth-order valence-electron chi connectivity index (χ4n) is 1.62. The Morgan fingerprint density at radius 2 is 2.05 bits per heavy atom. The number of esters is 2. The van der Waals surface area contributed by atoms with Crippen molar-refractivity contribution in [3.05, 3.63) is 35.9 Å². The molecule has 1 heterocycles. The highest BCUT2D eigenvalue weighted by molar-refractivity contribution is 5.84. The summed E-state index contributed by atoms with van der Waals surface area (Å²) in [4.78, 5) is 35.0. The number of ether oxygens (including phenoxy) is 3. The number of benzene rings is 1. The first-order chi connectivity index (χ1) is 9.58. The van der Waals surface area contributed by atoms with Crippen LogP contribution in [0.4, 0.5) is 4.79 Å². The number of amides is 1. The number of cyclic esters (lactones) is 1. The van der Waals surface area contributed by atoms with E-state index in [4.69, 9.17) is 9.47 Å². The van der Waals surface area contributed by atoms with Gasteiger partial charge in [-0.2, -0.15) is 0 Å². The summed E-state index contributed by atoms with van der Waals surface area (Å²) in [6, 6.07) is 9.06. The smallest absolute Gasteiger partial charge is 0.416 e. The highest BCUT2D eigenvalue weighted by atomic mass is 16.6. The lowest BCUT2D eigenvalue weighted by molar-refractivity contribution is -0.162. The molecule has 7 heteroatoms. The van der Waals surface area contributed by atoms with Crippen LogP contribution in [0.5, 0.6) is 0 Å². The first-order valence-electron chi connectivity index (χ1n) is 5.89. The maximum atomic E-state index is 11.8. The van der Waals surface area contributed by atoms with Crippen molar-refractivity contribution in [2.75, 3.05) is 6.73 Å². The predicted molar refractivity (Wildman–Crippen MR) is 65.0 cm³/mol. The molecule has 0 radical (unpaired) electrons. The molecule has 2 rings (SSSR count). The molecule has 1 aliphatic heterocycles. The molecule has 1 fully saturated rings. The maximum absolute atomic E-state index is 11.8. The SMILES string of the molecule is CC(=O)O[C@H]1C(=O)OCN1C(=O)OCc1ccccc1. The molecular weight excluding hydrogens is 266 g/mol. The summed E-state index contributed by atoms with van der Waals surface area (Å²) in [5, 5.41) is 0. The van der Waals surface area contributed by atoms with E-state index in [9.17, 15) is 14.4 Å². The zero-order chi connectivity index (χ0) is 14.5. The van der Waals surface area contributed by atoms with E-state index in [1.165, 1.54) is 0 Å². The Morgan fingerprint density at radius 3 is 2.70 bits per heavy atom. The quantitative estimate of drug-likeness (QED) is 0.607. The van der Waals surface area contributed by atoms with Crippen LogP contribution in [0, 0.1) is 0 Å². The second-order valence-corrected chi connectivity index (χ2v) is 4.06. The second kappa shape index (κ2) is 6.05. The van der Waals surface area contributed by atoms with Crippen molar-refractivity contribution in [1.29, 1.82) is 0 Å². The first-order valence-corrected chi connectivity index (χ1v) is 5.89. The van der Waals surface area contributed by atoms with E-state index in [-0.39, 0.29) is 13.3 Å². The van der Waals surface area contributed by atoms with Crippen LogP contribution in [0.1, 0.15) is 12.5 Å². The third-order valence-electron chi connectivity index (χ3n) is 2.55. The average Bonchev–Trinajstić information content (AvgIpc) is 2.78. The molecule has 0 unspecified atom stereocenters. The van der Waals surface area contributed by atoms with Crippen LogP contribution in [0.25, 0.3) is 0 Å². The second-order valence-electron chi connectivity index (χ2n) is 4.06. The molecule has 0 saturated carbocycles. The van der Waals surface area contributed by atoms with Crippen molar-refractivity contribution in [2.45, 2.75) is 19.8 Å². The Morgan fingerprint density at radius 1 is 1.35 bits per heavy atom. The maximum Gasteiger partial charge on any atom is 0.416 e. The fraction of sp³-hybridized carbons (Fsp3) is 0.308. The minimum Gasteiger partial charge on any atom is -0.444 e. The van der Waals surface area contributed by atoms with Crippen molar-refractivity contribution in [3.8, 4) is 0 Å². The van der Waals surface area contributed by atoms with Gasteiger partial charge in [0.25, 0.3) is 6.23 Å². The summed E-state index contributed by atoms with van der Waals surface area (Å²) >= 11 is 0. The van der Waals surface area contributed by atoms with E-state index in [1.54, 1.807) is 12.1 Å². The number of carbonyl (C=O) groups excluding carboxylic acids is 3. The van der Waals surface area contributed by atoms with E-state index in [2.05, 4.69) is 4.74 Å². The molecule has 106 valence electrons. The minimum atomic E-state index is -1.38. The first kappa shape index (κ1) is 13.9. The van der Waals surface area contributed by atoms with Crippen molar-refractivity contribution in [2.24, 2.45) is 0 Å². The Hall–Kier alpha value is -2.57. The normalized spacial score (nSPS) is 17.6. The van der Waals surface area contributed by atoms with Crippen molar-refractivity contribution in [1.82, 2.24) is 4.90 Å². The highest BCUT2D eigenvalue weighted by Gasteiger charge is 2.41. The lowest BCUT2D eigenvalue weighted by atomic mass is 10.2. The Balaban J connectivity index is 1.94. The van der Waals surface area contributed by atoms with Crippen molar-refractivity contribution < 1.29 is 28.6 Å². The Kier molecular flexibility index (Phi) is 4.19. The Labute approximate surface area is 115 Å². The largest absolute Gasteiger partial charge is 0.444 e. The number of carbonyl (C=O) groups is 3. The summed E-state index contributed by atoms with van der Waals surface area (Å²) < 4.78 is 14.4. The van der Waals surface area contributed by atoms with E-state index >= 15 is 0 Å². The molecule has 20 heavy (non-hydrogen) atoms. The van der Waals surface area contributed by atoms with Gasteiger partial charge in [0.15, 0.2) is 6.73 Å². The van der Waals surface area contributed by atoms with Crippen molar-refractivity contribution >= 4 is 18.0 Å². The molecule has 0 spiro atoms. The third kappa shape index (κ3) is 3.25. The Bertz CT molecular complexity index is 515.